The number of esters is 1. The molecule has 0 aromatic heterocycles. The predicted octanol–water partition coefficient (Wildman–Crippen LogP) is 3.81. The highest BCUT2D eigenvalue weighted by Crippen LogP contribution is 2.38. The zero-order valence-corrected chi connectivity index (χ0v) is 11.0. The van der Waals surface area contributed by atoms with Gasteiger partial charge in [-0.05, 0) is 43.9 Å². The van der Waals surface area contributed by atoms with E-state index in [9.17, 15) is 18.0 Å². The molecule has 0 amide bonds. The molecule has 0 atom stereocenters. The van der Waals surface area contributed by atoms with E-state index in [1.54, 1.807) is 0 Å². The Morgan fingerprint density at radius 1 is 1.25 bits per heavy atom. The van der Waals surface area contributed by atoms with E-state index in [4.69, 9.17) is 4.74 Å². The van der Waals surface area contributed by atoms with Gasteiger partial charge in [-0.25, -0.2) is 4.79 Å². The van der Waals surface area contributed by atoms with Crippen LogP contribution >= 0.6 is 0 Å². The van der Waals surface area contributed by atoms with Crippen molar-refractivity contribution >= 4 is 5.97 Å². The topological polar surface area (TPSA) is 35.5 Å². The maximum Gasteiger partial charge on any atom is 0.419 e. The highest BCUT2D eigenvalue weighted by molar-refractivity contribution is 5.89. The lowest BCUT2D eigenvalue weighted by Gasteiger charge is -2.18. The second kappa shape index (κ2) is 5.73. The molecule has 1 aromatic carbocycles. The lowest BCUT2D eigenvalue weighted by molar-refractivity contribution is -0.139. The second-order valence-electron chi connectivity index (χ2n) is 4.72. The van der Waals surface area contributed by atoms with Gasteiger partial charge in [0.05, 0.1) is 24.3 Å². The summed E-state index contributed by atoms with van der Waals surface area (Å²) in [6, 6.07) is 3.24. The molecule has 0 bridgehead atoms. The van der Waals surface area contributed by atoms with Gasteiger partial charge in [0, 0.05) is 0 Å². The van der Waals surface area contributed by atoms with E-state index in [1.165, 1.54) is 12.1 Å². The van der Waals surface area contributed by atoms with Gasteiger partial charge < -0.3 is 9.47 Å². The van der Waals surface area contributed by atoms with Gasteiger partial charge in [0.2, 0.25) is 0 Å². The Kier molecular flexibility index (Phi) is 4.20. The first-order valence-corrected chi connectivity index (χ1v) is 6.38. The van der Waals surface area contributed by atoms with Crippen LogP contribution < -0.4 is 4.74 Å². The summed E-state index contributed by atoms with van der Waals surface area (Å²) in [5, 5.41) is 0. The average molecular weight is 288 g/mol. The molecule has 1 aromatic rings. The zero-order chi connectivity index (χ0) is 14.8. The molecule has 1 fully saturated rings. The van der Waals surface area contributed by atoms with Gasteiger partial charge in [0.1, 0.15) is 5.75 Å². The lowest BCUT2D eigenvalue weighted by Crippen LogP contribution is -2.16. The summed E-state index contributed by atoms with van der Waals surface area (Å²) in [6.07, 6.45) is -1.30. The minimum absolute atomic E-state index is 0.140. The molecule has 1 saturated carbocycles. The Hall–Kier alpha value is -1.72. The minimum atomic E-state index is -4.57. The van der Waals surface area contributed by atoms with Crippen LogP contribution in [0.25, 0.3) is 0 Å². The third-order valence-corrected chi connectivity index (χ3v) is 3.30. The molecule has 0 heterocycles. The maximum absolute atomic E-state index is 13.0. The summed E-state index contributed by atoms with van der Waals surface area (Å²) in [7, 11) is 1.12. The smallest absolute Gasteiger partial charge is 0.419 e. The normalized spacial score (nSPS) is 16.2. The van der Waals surface area contributed by atoms with E-state index in [-0.39, 0.29) is 17.4 Å². The number of carbonyl (C=O) groups excluding carboxylic acids is 1. The van der Waals surface area contributed by atoms with Gasteiger partial charge in [-0.2, -0.15) is 13.2 Å². The second-order valence-corrected chi connectivity index (χ2v) is 4.72. The Morgan fingerprint density at radius 2 is 1.90 bits per heavy atom. The Labute approximate surface area is 114 Å². The molecule has 1 aliphatic rings. The number of carbonyl (C=O) groups is 1. The summed E-state index contributed by atoms with van der Waals surface area (Å²) >= 11 is 0. The average Bonchev–Trinajstić information content (AvgIpc) is 2.90. The molecule has 20 heavy (non-hydrogen) atoms. The Morgan fingerprint density at radius 3 is 2.45 bits per heavy atom. The third kappa shape index (κ3) is 3.23. The molecule has 3 nitrogen and oxygen atoms in total. The van der Waals surface area contributed by atoms with Crippen molar-refractivity contribution in [3.63, 3.8) is 0 Å². The number of ether oxygens (including phenoxy) is 2. The first kappa shape index (κ1) is 14.7. The highest BCUT2D eigenvalue weighted by Gasteiger charge is 2.36. The molecule has 110 valence electrons. The quantitative estimate of drug-likeness (QED) is 0.793. The number of halogens is 3. The van der Waals surface area contributed by atoms with E-state index in [0.717, 1.165) is 38.9 Å². The standard InChI is InChI=1S/C14H15F3O3/c1-19-13(18)9-6-7-12(11(8-9)14(15,16)17)20-10-4-2-3-5-10/h6-8,10H,2-5H2,1H3. The van der Waals surface area contributed by atoms with E-state index in [1.807, 2.05) is 0 Å². The van der Waals surface area contributed by atoms with Crippen molar-refractivity contribution in [3.05, 3.63) is 29.3 Å². The van der Waals surface area contributed by atoms with Crippen molar-refractivity contribution in [3.8, 4) is 5.75 Å². The molecule has 0 unspecified atom stereocenters. The number of rotatable bonds is 3. The first-order valence-electron chi connectivity index (χ1n) is 6.38. The van der Waals surface area contributed by atoms with E-state index >= 15 is 0 Å². The fraction of sp³-hybridized carbons (Fsp3) is 0.500. The molecule has 0 aliphatic heterocycles. The molecule has 6 heteroatoms. The van der Waals surface area contributed by atoms with Crippen LogP contribution in [0.3, 0.4) is 0 Å². The maximum atomic E-state index is 13.0. The molecular weight excluding hydrogens is 273 g/mol. The van der Waals surface area contributed by atoms with Gasteiger partial charge in [-0.1, -0.05) is 0 Å². The van der Waals surface area contributed by atoms with Crippen LogP contribution in [0.15, 0.2) is 18.2 Å². The van der Waals surface area contributed by atoms with E-state index in [2.05, 4.69) is 4.74 Å². The molecular formula is C14H15F3O3. The van der Waals surface area contributed by atoms with Crippen LogP contribution in [0, 0.1) is 0 Å². The third-order valence-electron chi connectivity index (χ3n) is 3.30. The molecule has 1 aliphatic carbocycles. The van der Waals surface area contributed by atoms with Crippen molar-refractivity contribution in [2.45, 2.75) is 38.0 Å². The van der Waals surface area contributed by atoms with Crippen molar-refractivity contribution in [2.24, 2.45) is 0 Å². The summed E-state index contributed by atoms with van der Waals surface area (Å²) in [5.74, 6) is -1.03. The number of hydrogen-bond acceptors (Lipinski definition) is 3. The van der Waals surface area contributed by atoms with Crippen LogP contribution in [0.2, 0.25) is 0 Å². The fourth-order valence-corrected chi connectivity index (χ4v) is 2.28. The molecule has 0 radical (unpaired) electrons. The van der Waals surface area contributed by atoms with Crippen LogP contribution in [0.1, 0.15) is 41.6 Å². The predicted molar refractivity (Wildman–Crippen MR) is 65.7 cm³/mol. The molecule has 0 saturated heterocycles. The van der Waals surface area contributed by atoms with Gasteiger partial charge in [-0.15, -0.1) is 0 Å². The van der Waals surface area contributed by atoms with Crippen molar-refractivity contribution in [1.82, 2.24) is 0 Å². The first-order chi connectivity index (χ1) is 9.41. The summed E-state index contributed by atoms with van der Waals surface area (Å²) < 4.78 is 49.0. The summed E-state index contributed by atoms with van der Waals surface area (Å²) in [5.41, 5.74) is -1.08. The number of benzene rings is 1. The van der Waals surface area contributed by atoms with Crippen LogP contribution in [-0.4, -0.2) is 19.2 Å². The van der Waals surface area contributed by atoms with E-state index < -0.39 is 17.7 Å². The summed E-state index contributed by atoms with van der Waals surface area (Å²) in [4.78, 5) is 11.3. The number of alkyl halides is 3. The molecule has 0 spiro atoms. The SMILES string of the molecule is COC(=O)c1ccc(OC2CCCC2)c(C(F)(F)F)c1. The minimum Gasteiger partial charge on any atom is -0.490 e. The van der Waals surface area contributed by atoms with Gasteiger partial charge >= 0.3 is 12.1 Å². The van der Waals surface area contributed by atoms with Crippen LogP contribution in [0.5, 0.6) is 5.75 Å². The van der Waals surface area contributed by atoms with E-state index in [0.29, 0.717) is 0 Å². The van der Waals surface area contributed by atoms with Crippen LogP contribution in [0.4, 0.5) is 13.2 Å². The monoisotopic (exact) mass is 288 g/mol. The van der Waals surface area contributed by atoms with Crippen molar-refractivity contribution in [1.29, 1.82) is 0 Å². The Balaban J connectivity index is 2.32. The van der Waals surface area contributed by atoms with Gasteiger partial charge in [0.25, 0.3) is 0 Å². The number of methoxy groups -OCH3 is 1. The highest BCUT2D eigenvalue weighted by atomic mass is 19.4. The van der Waals surface area contributed by atoms with Crippen molar-refractivity contribution in [2.75, 3.05) is 7.11 Å². The molecule has 0 N–H and O–H groups in total. The zero-order valence-electron chi connectivity index (χ0n) is 11.0. The van der Waals surface area contributed by atoms with Gasteiger partial charge in [-0.3, -0.25) is 0 Å². The number of hydrogen-bond donors (Lipinski definition) is 0. The summed E-state index contributed by atoms with van der Waals surface area (Å²) in [6.45, 7) is 0. The lowest BCUT2D eigenvalue weighted by atomic mass is 10.1. The largest absolute Gasteiger partial charge is 0.490 e. The Bertz CT molecular complexity index is 491. The van der Waals surface area contributed by atoms with Crippen molar-refractivity contribution < 1.29 is 27.4 Å². The van der Waals surface area contributed by atoms with Crippen LogP contribution in [-0.2, 0) is 10.9 Å². The fourth-order valence-electron chi connectivity index (χ4n) is 2.28. The molecule has 2 rings (SSSR count). The van der Waals surface area contributed by atoms with Gasteiger partial charge in [0.15, 0.2) is 0 Å².